The predicted molar refractivity (Wildman–Crippen MR) is 77.8 cm³/mol. The summed E-state index contributed by atoms with van der Waals surface area (Å²) in [4.78, 5) is 21.4. The standard InChI is InChI=1S/C14H24N2O4/c1-2-3-4-9-12-20-14(19)16-11-8-6-5-7-10-15-13(17)18/h2-4,9,15H,5-8,10-12H2,1H3,(H,16,19)(H,17,18). The molecular formula is C14H24N2O4. The van der Waals surface area contributed by atoms with Crippen LogP contribution in [-0.4, -0.2) is 37.0 Å². The van der Waals surface area contributed by atoms with E-state index >= 15 is 0 Å². The highest BCUT2D eigenvalue weighted by atomic mass is 16.5. The number of allylic oxidation sites excluding steroid dienone is 3. The van der Waals surface area contributed by atoms with Crippen molar-refractivity contribution in [3.8, 4) is 0 Å². The average molecular weight is 284 g/mol. The molecule has 0 rings (SSSR count). The molecule has 0 fully saturated rings. The minimum atomic E-state index is -0.988. The molecule has 6 nitrogen and oxygen atoms in total. The molecule has 0 saturated heterocycles. The highest BCUT2D eigenvalue weighted by molar-refractivity contribution is 5.67. The molecule has 2 amide bonds. The SMILES string of the molecule is CC=CC=CCOC(=O)NCCCCCCNC(=O)O. The lowest BCUT2D eigenvalue weighted by Gasteiger charge is -2.05. The highest BCUT2D eigenvalue weighted by Crippen LogP contribution is 1.97. The summed E-state index contributed by atoms with van der Waals surface area (Å²) in [7, 11) is 0. The Balaban J connectivity index is 3.29. The van der Waals surface area contributed by atoms with Gasteiger partial charge in [0.05, 0.1) is 0 Å². The van der Waals surface area contributed by atoms with Gasteiger partial charge in [0, 0.05) is 13.1 Å². The molecule has 0 unspecified atom stereocenters. The first-order valence-electron chi connectivity index (χ1n) is 6.82. The maximum absolute atomic E-state index is 11.2. The molecule has 0 aliphatic carbocycles. The molecule has 0 aromatic rings. The van der Waals surface area contributed by atoms with Gasteiger partial charge in [-0.3, -0.25) is 0 Å². The van der Waals surface area contributed by atoms with Crippen molar-refractivity contribution in [2.24, 2.45) is 0 Å². The molecule has 0 atom stereocenters. The fourth-order valence-electron chi connectivity index (χ4n) is 1.41. The van der Waals surface area contributed by atoms with Crippen LogP contribution < -0.4 is 10.6 Å². The lowest BCUT2D eigenvalue weighted by atomic mass is 10.2. The van der Waals surface area contributed by atoms with E-state index in [2.05, 4.69) is 10.6 Å². The lowest BCUT2D eigenvalue weighted by Crippen LogP contribution is -2.25. The third-order valence-corrected chi connectivity index (χ3v) is 2.40. The first-order valence-corrected chi connectivity index (χ1v) is 6.82. The quantitative estimate of drug-likeness (QED) is 0.425. The molecule has 0 aromatic heterocycles. The van der Waals surface area contributed by atoms with Crippen molar-refractivity contribution < 1.29 is 19.4 Å². The zero-order valence-corrected chi connectivity index (χ0v) is 11.9. The molecule has 0 bridgehead atoms. The Labute approximate surface area is 119 Å². The number of nitrogens with one attached hydrogen (secondary N) is 2. The van der Waals surface area contributed by atoms with Crippen molar-refractivity contribution in [2.75, 3.05) is 19.7 Å². The molecule has 0 radical (unpaired) electrons. The number of ether oxygens (including phenoxy) is 1. The molecule has 0 heterocycles. The second-order valence-corrected chi connectivity index (χ2v) is 4.13. The van der Waals surface area contributed by atoms with Gasteiger partial charge in [0.1, 0.15) is 6.61 Å². The summed E-state index contributed by atoms with van der Waals surface area (Å²) in [5.41, 5.74) is 0. The van der Waals surface area contributed by atoms with Crippen LogP contribution in [0.25, 0.3) is 0 Å². The first kappa shape index (κ1) is 18.0. The van der Waals surface area contributed by atoms with Crippen LogP contribution in [-0.2, 0) is 4.74 Å². The fraction of sp³-hybridized carbons (Fsp3) is 0.571. The Morgan fingerprint density at radius 3 is 2.30 bits per heavy atom. The van der Waals surface area contributed by atoms with Gasteiger partial charge in [0.2, 0.25) is 0 Å². The molecule has 114 valence electrons. The van der Waals surface area contributed by atoms with Crippen molar-refractivity contribution in [3.63, 3.8) is 0 Å². The van der Waals surface area contributed by atoms with Crippen molar-refractivity contribution in [1.29, 1.82) is 0 Å². The molecular weight excluding hydrogens is 260 g/mol. The number of alkyl carbamates (subject to hydrolysis) is 1. The number of amides is 2. The number of rotatable bonds is 10. The van der Waals surface area contributed by atoms with Crippen LogP contribution in [0.4, 0.5) is 9.59 Å². The summed E-state index contributed by atoms with van der Waals surface area (Å²) in [5, 5.41) is 13.3. The summed E-state index contributed by atoms with van der Waals surface area (Å²) in [6, 6.07) is 0. The summed E-state index contributed by atoms with van der Waals surface area (Å²) >= 11 is 0. The molecule has 3 N–H and O–H groups in total. The average Bonchev–Trinajstić information content (AvgIpc) is 2.41. The monoisotopic (exact) mass is 284 g/mol. The Kier molecular flexibility index (Phi) is 12.1. The molecule has 0 spiro atoms. The van der Waals surface area contributed by atoms with Crippen LogP contribution in [0.3, 0.4) is 0 Å². The van der Waals surface area contributed by atoms with Gasteiger partial charge in [-0.05, 0) is 25.8 Å². The van der Waals surface area contributed by atoms with Gasteiger partial charge >= 0.3 is 12.2 Å². The van der Waals surface area contributed by atoms with Crippen molar-refractivity contribution in [1.82, 2.24) is 10.6 Å². The molecule has 0 aliphatic rings. The zero-order valence-electron chi connectivity index (χ0n) is 11.9. The summed E-state index contributed by atoms with van der Waals surface area (Å²) in [5.74, 6) is 0. The van der Waals surface area contributed by atoms with Crippen molar-refractivity contribution in [2.45, 2.75) is 32.6 Å². The van der Waals surface area contributed by atoms with E-state index in [0.29, 0.717) is 13.1 Å². The highest BCUT2D eigenvalue weighted by Gasteiger charge is 1.99. The van der Waals surface area contributed by atoms with Gasteiger partial charge in [-0.2, -0.15) is 0 Å². The molecule has 20 heavy (non-hydrogen) atoms. The number of hydrogen-bond donors (Lipinski definition) is 3. The number of carbonyl (C=O) groups is 2. The van der Waals surface area contributed by atoms with E-state index in [0.717, 1.165) is 25.7 Å². The van der Waals surface area contributed by atoms with Crippen LogP contribution in [0.1, 0.15) is 32.6 Å². The molecule has 6 heteroatoms. The third-order valence-electron chi connectivity index (χ3n) is 2.40. The normalized spacial score (nSPS) is 10.8. The Hall–Kier alpha value is -1.98. The molecule has 0 saturated carbocycles. The van der Waals surface area contributed by atoms with Crippen LogP contribution in [0.15, 0.2) is 24.3 Å². The van der Waals surface area contributed by atoms with E-state index in [1.54, 1.807) is 6.08 Å². The van der Waals surface area contributed by atoms with E-state index in [4.69, 9.17) is 9.84 Å². The van der Waals surface area contributed by atoms with E-state index in [1.807, 2.05) is 25.2 Å². The van der Waals surface area contributed by atoms with E-state index in [1.165, 1.54) is 0 Å². The topological polar surface area (TPSA) is 87.7 Å². The minimum Gasteiger partial charge on any atom is -0.465 e. The third kappa shape index (κ3) is 14.1. The summed E-state index contributed by atoms with van der Waals surface area (Å²) in [6.45, 7) is 3.22. The van der Waals surface area contributed by atoms with E-state index < -0.39 is 12.2 Å². The second kappa shape index (κ2) is 13.5. The number of unbranched alkanes of at least 4 members (excludes halogenated alkanes) is 3. The largest absolute Gasteiger partial charge is 0.465 e. The van der Waals surface area contributed by atoms with Gasteiger partial charge in [0.15, 0.2) is 0 Å². The van der Waals surface area contributed by atoms with Crippen LogP contribution in [0.2, 0.25) is 0 Å². The van der Waals surface area contributed by atoms with Gasteiger partial charge in [-0.25, -0.2) is 9.59 Å². The van der Waals surface area contributed by atoms with Gasteiger partial charge in [0.25, 0.3) is 0 Å². The summed E-state index contributed by atoms with van der Waals surface area (Å²) < 4.78 is 4.91. The van der Waals surface area contributed by atoms with Crippen LogP contribution >= 0.6 is 0 Å². The Morgan fingerprint density at radius 2 is 1.70 bits per heavy atom. The van der Waals surface area contributed by atoms with Crippen LogP contribution in [0, 0.1) is 0 Å². The molecule has 0 aromatic carbocycles. The number of hydrogen-bond acceptors (Lipinski definition) is 3. The zero-order chi connectivity index (χ0) is 15.1. The predicted octanol–water partition coefficient (Wildman–Crippen LogP) is 2.67. The number of carbonyl (C=O) groups excluding carboxylic acids is 1. The van der Waals surface area contributed by atoms with Gasteiger partial charge in [-0.1, -0.05) is 31.1 Å². The van der Waals surface area contributed by atoms with Crippen molar-refractivity contribution >= 4 is 12.2 Å². The Bertz CT molecular complexity index is 327. The van der Waals surface area contributed by atoms with Crippen LogP contribution in [0.5, 0.6) is 0 Å². The van der Waals surface area contributed by atoms with Gasteiger partial charge in [-0.15, -0.1) is 0 Å². The molecule has 0 aliphatic heterocycles. The second-order valence-electron chi connectivity index (χ2n) is 4.13. The fourth-order valence-corrected chi connectivity index (χ4v) is 1.41. The first-order chi connectivity index (χ1) is 9.66. The number of carboxylic acid groups (broad SMARTS) is 1. The maximum atomic E-state index is 11.2. The Morgan fingerprint density at radius 1 is 1.05 bits per heavy atom. The lowest BCUT2D eigenvalue weighted by molar-refractivity contribution is 0.158. The minimum absolute atomic E-state index is 0.261. The smallest absolute Gasteiger partial charge is 0.407 e. The van der Waals surface area contributed by atoms with Gasteiger partial charge < -0.3 is 20.5 Å². The van der Waals surface area contributed by atoms with Crippen molar-refractivity contribution in [3.05, 3.63) is 24.3 Å². The van der Waals surface area contributed by atoms with E-state index in [9.17, 15) is 9.59 Å². The summed E-state index contributed by atoms with van der Waals surface area (Å²) in [6.07, 6.45) is 9.48. The van der Waals surface area contributed by atoms with E-state index in [-0.39, 0.29) is 6.61 Å². The maximum Gasteiger partial charge on any atom is 0.407 e.